The number of piperazine rings is 1. The lowest BCUT2D eigenvalue weighted by atomic mass is 10.3. The molecule has 29 heavy (non-hydrogen) atoms. The summed E-state index contributed by atoms with van der Waals surface area (Å²) < 4.78 is 36.8. The molecule has 0 spiro atoms. The predicted octanol–water partition coefficient (Wildman–Crippen LogP) is 1.68. The molecule has 0 aliphatic carbocycles. The first kappa shape index (κ1) is 20.8. The molecule has 9 heteroatoms. The summed E-state index contributed by atoms with van der Waals surface area (Å²) >= 11 is 0. The molecule has 1 amide bonds. The second-order valence-electron chi connectivity index (χ2n) is 6.49. The summed E-state index contributed by atoms with van der Waals surface area (Å²) in [5.41, 5.74) is 0. The fourth-order valence-corrected chi connectivity index (χ4v) is 4.33. The second-order valence-corrected chi connectivity index (χ2v) is 8.43. The highest BCUT2D eigenvalue weighted by Gasteiger charge is 2.30. The van der Waals surface area contributed by atoms with E-state index in [1.807, 2.05) is 0 Å². The van der Waals surface area contributed by atoms with Gasteiger partial charge in [-0.1, -0.05) is 18.2 Å². The molecule has 0 atom stereocenters. The first-order valence-electron chi connectivity index (χ1n) is 9.10. The minimum Gasteiger partial charge on any atom is -0.462 e. The molecule has 0 bridgehead atoms. The summed E-state index contributed by atoms with van der Waals surface area (Å²) in [5.74, 6) is 0.221. The average Bonchev–Trinajstić information content (AvgIpc) is 3.16. The van der Waals surface area contributed by atoms with E-state index < -0.39 is 22.6 Å². The standard InChI is InChI=1S/C20H22N2O6S/c1-16-7-8-17(28-16)9-10-20(24)27-15-19(23)21-11-13-22(14-12-21)29(25,26)18-5-3-2-4-6-18/h2-10H,11-15H2,1H3. The largest absolute Gasteiger partial charge is 0.462 e. The molecule has 0 saturated carbocycles. The Bertz CT molecular complexity index is 989. The lowest BCUT2D eigenvalue weighted by Gasteiger charge is -2.33. The first-order valence-corrected chi connectivity index (χ1v) is 10.5. The van der Waals surface area contributed by atoms with Gasteiger partial charge in [0.25, 0.3) is 5.91 Å². The molecule has 1 saturated heterocycles. The monoisotopic (exact) mass is 418 g/mol. The maximum absolute atomic E-state index is 12.6. The van der Waals surface area contributed by atoms with Crippen molar-refractivity contribution in [1.29, 1.82) is 0 Å². The molecule has 1 aliphatic heterocycles. The van der Waals surface area contributed by atoms with Crippen LogP contribution in [0.4, 0.5) is 0 Å². The van der Waals surface area contributed by atoms with Crippen molar-refractivity contribution >= 4 is 28.0 Å². The molecule has 2 aromatic rings. The Labute approximate surface area is 169 Å². The van der Waals surface area contributed by atoms with Crippen LogP contribution in [0.2, 0.25) is 0 Å². The van der Waals surface area contributed by atoms with Gasteiger partial charge in [0, 0.05) is 32.3 Å². The Kier molecular flexibility index (Phi) is 6.50. The van der Waals surface area contributed by atoms with Crippen LogP contribution in [0.3, 0.4) is 0 Å². The van der Waals surface area contributed by atoms with Crippen molar-refractivity contribution in [3.8, 4) is 0 Å². The third-order valence-electron chi connectivity index (χ3n) is 4.46. The van der Waals surface area contributed by atoms with Crippen LogP contribution in [-0.4, -0.2) is 62.3 Å². The molecule has 1 fully saturated rings. The number of sulfonamides is 1. The van der Waals surface area contributed by atoms with Gasteiger partial charge in [0.1, 0.15) is 11.5 Å². The van der Waals surface area contributed by atoms with Gasteiger partial charge in [-0.25, -0.2) is 13.2 Å². The number of carbonyl (C=O) groups excluding carboxylic acids is 2. The number of ether oxygens (including phenoxy) is 1. The molecule has 0 radical (unpaired) electrons. The minimum atomic E-state index is -3.58. The Balaban J connectivity index is 1.46. The predicted molar refractivity (Wildman–Crippen MR) is 105 cm³/mol. The van der Waals surface area contributed by atoms with E-state index in [0.717, 1.165) is 5.76 Å². The third-order valence-corrected chi connectivity index (χ3v) is 6.37. The highest BCUT2D eigenvalue weighted by molar-refractivity contribution is 7.89. The number of furan rings is 1. The summed E-state index contributed by atoms with van der Waals surface area (Å²) in [7, 11) is -3.58. The number of hydrogen-bond donors (Lipinski definition) is 0. The van der Waals surface area contributed by atoms with Gasteiger partial charge in [-0.3, -0.25) is 4.79 Å². The van der Waals surface area contributed by atoms with E-state index >= 15 is 0 Å². The Morgan fingerprint density at radius 3 is 2.38 bits per heavy atom. The van der Waals surface area contributed by atoms with E-state index in [9.17, 15) is 18.0 Å². The van der Waals surface area contributed by atoms with Gasteiger partial charge >= 0.3 is 5.97 Å². The van der Waals surface area contributed by atoms with Crippen LogP contribution in [-0.2, 0) is 24.3 Å². The van der Waals surface area contributed by atoms with Gasteiger partial charge in [-0.15, -0.1) is 0 Å². The number of nitrogens with zero attached hydrogens (tertiary/aromatic N) is 2. The maximum Gasteiger partial charge on any atom is 0.331 e. The van der Waals surface area contributed by atoms with Crippen molar-refractivity contribution in [1.82, 2.24) is 9.21 Å². The molecule has 0 unspecified atom stereocenters. The Morgan fingerprint density at radius 2 is 1.76 bits per heavy atom. The van der Waals surface area contributed by atoms with Crippen molar-refractivity contribution in [2.45, 2.75) is 11.8 Å². The number of esters is 1. The van der Waals surface area contributed by atoms with Gasteiger partial charge in [-0.05, 0) is 37.3 Å². The van der Waals surface area contributed by atoms with Gasteiger partial charge in [0.05, 0.1) is 4.90 Å². The fraction of sp³-hybridized carbons (Fsp3) is 0.300. The van der Waals surface area contributed by atoms with Crippen LogP contribution in [0, 0.1) is 6.92 Å². The summed E-state index contributed by atoms with van der Waals surface area (Å²) in [5, 5.41) is 0. The fourth-order valence-electron chi connectivity index (χ4n) is 2.88. The zero-order valence-corrected chi connectivity index (χ0v) is 16.8. The Morgan fingerprint density at radius 1 is 1.07 bits per heavy atom. The molecule has 1 aromatic heterocycles. The summed E-state index contributed by atoms with van der Waals surface area (Å²) in [6.07, 6.45) is 2.66. The van der Waals surface area contributed by atoms with E-state index in [1.54, 1.807) is 49.4 Å². The van der Waals surface area contributed by atoms with Crippen LogP contribution in [0.15, 0.2) is 57.9 Å². The Hall–Kier alpha value is -2.91. The third kappa shape index (κ3) is 5.33. The number of amides is 1. The van der Waals surface area contributed by atoms with Gasteiger partial charge in [0.15, 0.2) is 6.61 Å². The molecule has 1 aromatic carbocycles. The van der Waals surface area contributed by atoms with Crippen LogP contribution >= 0.6 is 0 Å². The number of benzene rings is 1. The van der Waals surface area contributed by atoms with Crippen LogP contribution in [0.25, 0.3) is 6.08 Å². The van der Waals surface area contributed by atoms with E-state index in [-0.39, 0.29) is 37.0 Å². The smallest absolute Gasteiger partial charge is 0.331 e. The van der Waals surface area contributed by atoms with Crippen molar-refractivity contribution in [3.63, 3.8) is 0 Å². The zero-order chi connectivity index (χ0) is 20.9. The van der Waals surface area contributed by atoms with Crippen LogP contribution in [0.5, 0.6) is 0 Å². The van der Waals surface area contributed by atoms with Gasteiger partial charge in [-0.2, -0.15) is 4.31 Å². The highest BCUT2D eigenvalue weighted by Crippen LogP contribution is 2.17. The van der Waals surface area contributed by atoms with E-state index in [0.29, 0.717) is 5.76 Å². The molecule has 2 heterocycles. The minimum absolute atomic E-state index is 0.189. The maximum atomic E-state index is 12.6. The van der Waals surface area contributed by atoms with Gasteiger partial charge < -0.3 is 14.1 Å². The normalized spacial score (nSPS) is 15.6. The van der Waals surface area contributed by atoms with E-state index in [4.69, 9.17) is 9.15 Å². The lowest BCUT2D eigenvalue weighted by molar-refractivity contribution is -0.148. The second kappa shape index (κ2) is 9.06. The molecular formula is C20H22N2O6S. The summed E-state index contributed by atoms with van der Waals surface area (Å²) in [6, 6.07) is 11.7. The van der Waals surface area contributed by atoms with Crippen LogP contribution in [0.1, 0.15) is 11.5 Å². The van der Waals surface area contributed by atoms with Gasteiger partial charge in [0.2, 0.25) is 10.0 Å². The number of rotatable bonds is 6. The molecular weight excluding hydrogens is 396 g/mol. The van der Waals surface area contributed by atoms with Crippen molar-refractivity contribution in [2.24, 2.45) is 0 Å². The molecule has 0 N–H and O–H groups in total. The summed E-state index contributed by atoms with van der Waals surface area (Å²) in [4.78, 5) is 25.7. The van der Waals surface area contributed by atoms with Crippen molar-refractivity contribution in [3.05, 3.63) is 60.1 Å². The molecule has 8 nitrogen and oxygen atoms in total. The lowest BCUT2D eigenvalue weighted by Crippen LogP contribution is -2.51. The summed E-state index contributed by atoms with van der Waals surface area (Å²) in [6.45, 7) is 2.25. The van der Waals surface area contributed by atoms with E-state index in [1.165, 1.54) is 21.4 Å². The molecule has 3 rings (SSSR count). The topological polar surface area (TPSA) is 97.1 Å². The van der Waals surface area contributed by atoms with Crippen molar-refractivity contribution < 1.29 is 27.2 Å². The van der Waals surface area contributed by atoms with Crippen LogP contribution < -0.4 is 0 Å². The highest BCUT2D eigenvalue weighted by atomic mass is 32.2. The first-order chi connectivity index (χ1) is 13.9. The average molecular weight is 418 g/mol. The number of aryl methyl sites for hydroxylation is 1. The molecule has 1 aliphatic rings. The zero-order valence-electron chi connectivity index (χ0n) is 16.0. The molecule has 154 valence electrons. The van der Waals surface area contributed by atoms with E-state index in [2.05, 4.69) is 0 Å². The number of hydrogen-bond acceptors (Lipinski definition) is 6. The quantitative estimate of drug-likeness (QED) is 0.523. The van der Waals surface area contributed by atoms with Crippen molar-refractivity contribution in [2.75, 3.05) is 32.8 Å². The SMILES string of the molecule is Cc1ccc(C=CC(=O)OCC(=O)N2CCN(S(=O)(=O)c3ccccc3)CC2)o1. The number of carbonyl (C=O) groups is 2.